The van der Waals surface area contributed by atoms with Crippen LogP contribution in [0.2, 0.25) is 0 Å². The summed E-state index contributed by atoms with van der Waals surface area (Å²) in [5.41, 5.74) is 10.3. The monoisotopic (exact) mass is 226 g/mol. The van der Waals surface area contributed by atoms with Gasteiger partial charge >= 0.3 is 0 Å². The number of anilines is 2. The number of benzene rings is 2. The minimum Gasteiger partial charge on any atom is -0.399 e. The van der Waals surface area contributed by atoms with E-state index in [1.54, 1.807) is 0 Å². The van der Waals surface area contributed by atoms with Gasteiger partial charge in [0.2, 0.25) is 0 Å². The molecular weight excluding hydrogens is 208 g/mol. The van der Waals surface area contributed by atoms with Crippen LogP contribution in [0.15, 0.2) is 48.5 Å². The molecule has 0 saturated carbocycles. The maximum absolute atomic E-state index is 5.74. The molecule has 3 N–H and O–H groups in total. The van der Waals surface area contributed by atoms with Crippen molar-refractivity contribution in [3.05, 3.63) is 59.7 Å². The summed E-state index contributed by atoms with van der Waals surface area (Å²) >= 11 is 0. The molecule has 2 heteroatoms. The molecule has 0 spiro atoms. The predicted octanol–water partition coefficient (Wildman–Crippen LogP) is 3.44. The molecule has 0 aliphatic carbocycles. The average Bonchev–Trinajstić information content (AvgIpc) is 2.37. The molecule has 0 aliphatic heterocycles. The van der Waals surface area contributed by atoms with Crippen molar-refractivity contribution >= 4 is 11.4 Å². The smallest absolute Gasteiger partial charge is 0.0403 e. The molecule has 0 unspecified atom stereocenters. The Bertz CT molecular complexity index is 492. The quantitative estimate of drug-likeness (QED) is 0.784. The SMILES string of the molecule is CCc1ccccc1CNc1cccc(N)c1. The number of aryl methyl sites for hydroxylation is 1. The zero-order chi connectivity index (χ0) is 12.1. The first-order valence-electron chi connectivity index (χ1n) is 5.96. The summed E-state index contributed by atoms with van der Waals surface area (Å²) in [5, 5.41) is 3.40. The van der Waals surface area contributed by atoms with E-state index < -0.39 is 0 Å². The number of nitrogen functional groups attached to an aromatic ring is 1. The zero-order valence-corrected chi connectivity index (χ0v) is 10.1. The van der Waals surface area contributed by atoms with E-state index >= 15 is 0 Å². The van der Waals surface area contributed by atoms with Crippen molar-refractivity contribution in [2.24, 2.45) is 0 Å². The fourth-order valence-electron chi connectivity index (χ4n) is 1.92. The largest absolute Gasteiger partial charge is 0.399 e. The van der Waals surface area contributed by atoms with E-state index in [0.717, 1.165) is 24.3 Å². The van der Waals surface area contributed by atoms with Crippen molar-refractivity contribution < 1.29 is 0 Å². The van der Waals surface area contributed by atoms with Crippen LogP contribution in [-0.2, 0) is 13.0 Å². The van der Waals surface area contributed by atoms with Crippen LogP contribution in [0.5, 0.6) is 0 Å². The van der Waals surface area contributed by atoms with Gasteiger partial charge in [-0.3, -0.25) is 0 Å². The summed E-state index contributed by atoms with van der Waals surface area (Å²) in [7, 11) is 0. The molecule has 0 fully saturated rings. The predicted molar refractivity (Wildman–Crippen MR) is 74.0 cm³/mol. The van der Waals surface area contributed by atoms with Crippen LogP contribution in [0, 0.1) is 0 Å². The Morgan fingerprint density at radius 2 is 1.76 bits per heavy atom. The van der Waals surface area contributed by atoms with Crippen LogP contribution in [0.1, 0.15) is 18.1 Å². The first kappa shape index (κ1) is 11.5. The molecule has 2 nitrogen and oxygen atoms in total. The highest BCUT2D eigenvalue weighted by atomic mass is 14.9. The van der Waals surface area contributed by atoms with E-state index in [1.807, 2.05) is 24.3 Å². The molecule has 2 aromatic rings. The van der Waals surface area contributed by atoms with Gasteiger partial charge in [-0.15, -0.1) is 0 Å². The molecule has 0 aromatic heterocycles. The molecule has 0 saturated heterocycles. The zero-order valence-electron chi connectivity index (χ0n) is 10.1. The Morgan fingerprint density at radius 1 is 1.00 bits per heavy atom. The number of hydrogen-bond acceptors (Lipinski definition) is 2. The average molecular weight is 226 g/mol. The van der Waals surface area contributed by atoms with Crippen molar-refractivity contribution in [3.8, 4) is 0 Å². The van der Waals surface area contributed by atoms with Crippen LogP contribution in [-0.4, -0.2) is 0 Å². The third kappa shape index (κ3) is 3.00. The van der Waals surface area contributed by atoms with E-state index in [9.17, 15) is 0 Å². The Kier molecular flexibility index (Phi) is 3.66. The second-order valence-electron chi connectivity index (χ2n) is 4.10. The van der Waals surface area contributed by atoms with Crippen molar-refractivity contribution in [1.82, 2.24) is 0 Å². The standard InChI is InChI=1S/C15H18N2/c1-2-12-6-3-4-7-13(12)11-17-15-9-5-8-14(16)10-15/h3-10,17H,2,11,16H2,1H3. The number of nitrogens with two attached hydrogens (primary N) is 1. The van der Waals surface area contributed by atoms with Gasteiger partial charge in [-0.05, 0) is 35.7 Å². The van der Waals surface area contributed by atoms with E-state index in [2.05, 4.69) is 36.5 Å². The van der Waals surface area contributed by atoms with Crippen LogP contribution >= 0.6 is 0 Å². The third-order valence-electron chi connectivity index (χ3n) is 2.87. The van der Waals surface area contributed by atoms with E-state index in [4.69, 9.17) is 5.73 Å². The summed E-state index contributed by atoms with van der Waals surface area (Å²) in [6.07, 6.45) is 1.06. The highest BCUT2D eigenvalue weighted by Crippen LogP contribution is 2.15. The van der Waals surface area contributed by atoms with Gasteiger partial charge < -0.3 is 11.1 Å². The summed E-state index contributed by atoms with van der Waals surface area (Å²) in [4.78, 5) is 0. The van der Waals surface area contributed by atoms with Gasteiger partial charge in [-0.1, -0.05) is 37.3 Å². The minimum absolute atomic E-state index is 0.791. The number of nitrogens with one attached hydrogen (secondary N) is 1. The van der Waals surface area contributed by atoms with E-state index in [-0.39, 0.29) is 0 Å². The lowest BCUT2D eigenvalue weighted by molar-refractivity contribution is 1.04. The van der Waals surface area contributed by atoms with Crippen molar-refractivity contribution in [2.75, 3.05) is 11.1 Å². The van der Waals surface area contributed by atoms with Gasteiger partial charge in [0.05, 0.1) is 0 Å². The third-order valence-corrected chi connectivity index (χ3v) is 2.87. The van der Waals surface area contributed by atoms with Crippen molar-refractivity contribution in [2.45, 2.75) is 19.9 Å². The normalized spacial score (nSPS) is 10.2. The van der Waals surface area contributed by atoms with Crippen LogP contribution in [0.25, 0.3) is 0 Å². The molecule has 0 radical (unpaired) electrons. The number of hydrogen-bond donors (Lipinski definition) is 2. The molecule has 2 rings (SSSR count). The second kappa shape index (κ2) is 5.39. The Balaban J connectivity index is 2.07. The molecule has 88 valence electrons. The first-order valence-corrected chi connectivity index (χ1v) is 5.96. The fraction of sp³-hybridized carbons (Fsp3) is 0.200. The molecule has 17 heavy (non-hydrogen) atoms. The summed E-state index contributed by atoms with van der Waals surface area (Å²) in [6.45, 7) is 3.02. The highest BCUT2D eigenvalue weighted by molar-refractivity contribution is 5.54. The van der Waals surface area contributed by atoms with Crippen LogP contribution < -0.4 is 11.1 Å². The highest BCUT2D eigenvalue weighted by Gasteiger charge is 1.99. The van der Waals surface area contributed by atoms with E-state index in [1.165, 1.54) is 11.1 Å². The molecule has 0 atom stereocenters. The minimum atomic E-state index is 0.791. The molecule has 0 amide bonds. The summed E-state index contributed by atoms with van der Waals surface area (Å²) in [6, 6.07) is 16.3. The van der Waals surface area contributed by atoms with Crippen LogP contribution in [0.4, 0.5) is 11.4 Å². The van der Waals surface area contributed by atoms with Gasteiger partial charge in [0.15, 0.2) is 0 Å². The molecule has 0 bridgehead atoms. The van der Waals surface area contributed by atoms with Gasteiger partial charge in [-0.2, -0.15) is 0 Å². The Morgan fingerprint density at radius 3 is 2.47 bits per heavy atom. The maximum atomic E-state index is 5.74. The number of rotatable bonds is 4. The summed E-state index contributed by atoms with van der Waals surface area (Å²) < 4.78 is 0. The lowest BCUT2D eigenvalue weighted by atomic mass is 10.1. The lowest BCUT2D eigenvalue weighted by Crippen LogP contribution is -2.02. The maximum Gasteiger partial charge on any atom is 0.0403 e. The Hall–Kier alpha value is -1.96. The Labute approximate surface area is 102 Å². The van der Waals surface area contributed by atoms with Crippen molar-refractivity contribution in [1.29, 1.82) is 0 Å². The topological polar surface area (TPSA) is 38.0 Å². The molecule has 0 aliphatic rings. The fourth-order valence-corrected chi connectivity index (χ4v) is 1.92. The van der Waals surface area contributed by atoms with Gasteiger partial charge in [0.1, 0.15) is 0 Å². The molecule has 0 heterocycles. The van der Waals surface area contributed by atoms with Gasteiger partial charge in [0, 0.05) is 17.9 Å². The molecular formula is C15H18N2. The van der Waals surface area contributed by atoms with E-state index in [0.29, 0.717) is 0 Å². The molecule has 2 aromatic carbocycles. The first-order chi connectivity index (χ1) is 8.29. The summed E-state index contributed by atoms with van der Waals surface area (Å²) in [5.74, 6) is 0. The van der Waals surface area contributed by atoms with Gasteiger partial charge in [-0.25, -0.2) is 0 Å². The second-order valence-corrected chi connectivity index (χ2v) is 4.10. The van der Waals surface area contributed by atoms with Gasteiger partial charge in [0.25, 0.3) is 0 Å². The van der Waals surface area contributed by atoms with Crippen LogP contribution in [0.3, 0.4) is 0 Å². The van der Waals surface area contributed by atoms with Crippen molar-refractivity contribution in [3.63, 3.8) is 0 Å². The lowest BCUT2D eigenvalue weighted by Gasteiger charge is -2.10.